The van der Waals surface area contributed by atoms with Gasteiger partial charge in [-0.05, 0) is 44.3 Å². The van der Waals surface area contributed by atoms with E-state index in [9.17, 15) is 0 Å². The molecule has 0 aromatic rings. The first-order chi connectivity index (χ1) is 7.09. The molecule has 1 rings (SSSR count). The molecule has 0 unspecified atom stereocenters. The van der Waals surface area contributed by atoms with Crippen molar-refractivity contribution in [2.45, 2.75) is 58.9 Å². The predicted octanol–water partition coefficient (Wildman–Crippen LogP) is 2.63. The van der Waals surface area contributed by atoms with Crippen LogP contribution in [0, 0.1) is 5.41 Å². The summed E-state index contributed by atoms with van der Waals surface area (Å²) in [4.78, 5) is 2.66. The van der Waals surface area contributed by atoms with E-state index in [4.69, 9.17) is 5.73 Å². The van der Waals surface area contributed by atoms with Crippen LogP contribution < -0.4 is 5.73 Å². The molecule has 15 heavy (non-hydrogen) atoms. The average Bonchev–Trinajstić information content (AvgIpc) is 2.72. The zero-order chi connectivity index (χ0) is 11.3. The van der Waals surface area contributed by atoms with Crippen molar-refractivity contribution >= 4 is 0 Å². The topological polar surface area (TPSA) is 29.3 Å². The first-order valence-corrected chi connectivity index (χ1v) is 6.53. The highest BCUT2D eigenvalue weighted by atomic mass is 15.1. The van der Waals surface area contributed by atoms with Crippen molar-refractivity contribution in [3.63, 3.8) is 0 Å². The van der Waals surface area contributed by atoms with Crippen LogP contribution in [0.4, 0.5) is 0 Å². The third-order valence-corrected chi connectivity index (χ3v) is 3.88. The third kappa shape index (κ3) is 4.12. The van der Waals surface area contributed by atoms with Crippen LogP contribution in [0.25, 0.3) is 0 Å². The standard InChI is InChI=1S/C13H28N2/c1-4-15(12-7-5-6-8-12)10-9-13(2,3)11-14/h12H,4-11,14H2,1-3H3. The van der Waals surface area contributed by atoms with Gasteiger partial charge in [-0.25, -0.2) is 0 Å². The summed E-state index contributed by atoms with van der Waals surface area (Å²) in [6.07, 6.45) is 6.92. The van der Waals surface area contributed by atoms with E-state index in [0.29, 0.717) is 5.41 Å². The van der Waals surface area contributed by atoms with Crippen LogP contribution in [0.15, 0.2) is 0 Å². The molecule has 0 bridgehead atoms. The van der Waals surface area contributed by atoms with Crippen molar-refractivity contribution in [3.8, 4) is 0 Å². The fourth-order valence-electron chi connectivity index (χ4n) is 2.42. The van der Waals surface area contributed by atoms with Gasteiger partial charge in [-0.15, -0.1) is 0 Å². The summed E-state index contributed by atoms with van der Waals surface area (Å²) in [5.41, 5.74) is 6.08. The van der Waals surface area contributed by atoms with Gasteiger partial charge in [0.1, 0.15) is 0 Å². The fraction of sp³-hybridized carbons (Fsp3) is 1.00. The van der Waals surface area contributed by atoms with Crippen LogP contribution in [-0.2, 0) is 0 Å². The zero-order valence-corrected chi connectivity index (χ0v) is 10.8. The van der Waals surface area contributed by atoms with Crippen molar-refractivity contribution < 1.29 is 0 Å². The van der Waals surface area contributed by atoms with E-state index in [2.05, 4.69) is 25.7 Å². The molecule has 0 atom stereocenters. The first kappa shape index (κ1) is 13.0. The Morgan fingerprint density at radius 1 is 1.27 bits per heavy atom. The maximum atomic E-state index is 5.77. The molecule has 0 aliphatic heterocycles. The van der Waals surface area contributed by atoms with Crippen LogP contribution in [0.3, 0.4) is 0 Å². The van der Waals surface area contributed by atoms with Crippen molar-refractivity contribution in [2.75, 3.05) is 19.6 Å². The number of nitrogens with zero attached hydrogens (tertiary/aromatic N) is 1. The van der Waals surface area contributed by atoms with Gasteiger partial charge in [0.15, 0.2) is 0 Å². The zero-order valence-electron chi connectivity index (χ0n) is 10.8. The monoisotopic (exact) mass is 212 g/mol. The Bertz CT molecular complexity index is 171. The molecule has 0 aromatic carbocycles. The molecule has 0 saturated heterocycles. The molecular weight excluding hydrogens is 184 g/mol. The predicted molar refractivity (Wildman–Crippen MR) is 67.0 cm³/mol. The number of rotatable bonds is 6. The maximum absolute atomic E-state index is 5.77. The van der Waals surface area contributed by atoms with E-state index in [1.807, 2.05) is 0 Å². The molecule has 0 spiro atoms. The Hall–Kier alpha value is -0.0800. The van der Waals surface area contributed by atoms with Gasteiger partial charge in [0, 0.05) is 6.04 Å². The summed E-state index contributed by atoms with van der Waals surface area (Å²) in [5, 5.41) is 0. The maximum Gasteiger partial charge on any atom is 0.00951 e. The Morgan fingerprint density at radius 3 is 2.33 bits per heavy atom. The van der Waals surface area contributed by atoms with Gasteiger partial charge in [-0.3, -0.25) is 0 Å². The summed E-state index contributed by atoms with van der Waals surface area (Å²) in [7, 11) is 0. The second-order valence-corrected chi connectivity index (χ2v) is 5.69. The van der Waals surface area contributed by atoms with E-state index in [1.165, 1.54) is 45.2 Å². The van der Waals surface area contributed by atoms with E-state index in [0.717, 1.165) is 12.6 Å². The molecule has 0 amide bonds. The summed E-state index contributed by atoms with van der Waals surface area (Å²) in [6, 6.07) is 0.864. The number of hydrogen-bond donors (Lipinski definition) is 1. The van der Waals surface area contributed by atoms with Gasteiger partial charge >= 0.3 is 0 Å². The summed E-state index contributed by atoms with van der Waals surface area (Å²) >= 11 is 0. The smallest absolute Gasteiger partial charge is 0.00951 e. The SMILES string of the molecule is CCN(CCC(C)(C)CN)C1CCCC1. The molecule has 0 heterocycles. The largest absolute Gasteiger partial charge is 0.330 e. The van der Waals surface area contributed by atoms with Crippen LogP contribution >= 0.6 is 0 Å². The van der Waals surface area contributed by atoms with Gasteiger partial charge < -0.3 is 10.6 Å². The van der Waals surface area contributed by atoms with Crippen molar-refractivity contribution in [1.82, 2.24) is 4.90 Å². The highest BCUT2D eigenvalue weighted by molar-refractivity contribution is 4.79. The second kappa shape index (κ2) is 5.86. The van der Waals surface area contributed by atoms with Crippen molar-refractivity contribution in [2.24, 2.45) is 11.1 Å². The molecule has 1 aliphatic carbocycles. The Kier molecular flexibility index (Phi) is 5.07. The minimum Gasteiger partial charge on any atom is -0.330 e. The van der Waals surface area contributed by atoms with Crippen molar-refractivity contribution in [1.29, 1.82) is 0 Å². The van der Waals surface area contributed by atoms with Crippen LogP contribution in [0.2, 0.25) is 0 Å². The number of nitrogens with two attached hydrogens (primary N) is 1. The summed E-state index contributed by atoms with van der Waals surface area (Å²) in [6.45, 7) is 10.1. The normalized spacial score (nSPS) is 19.0. The lowest BCUT2D eigenvalue weighted by molar-refractivity contribution is 0.175. The third-order valence-electron chi connectivity index (χ3n) is 3.88. The molecule has 1 saturated carbocycles. The van der Waals surface area contributed by atoms with Gasteiger partial charge in [-0.2, -0.15) is 0 Å². The molecule has 2 N–H and O–H groups in total. The first-order valence-electron chi connectivity index (χ1n) is 6.53. The molecule has 1 fully saturated rings. The quantitative estimate of drug-likeness (QED) is 0.733. The minimum atomic E-state index is 0.312. The van der Waals surface area contributed by atoms with Crippen LogP contribution in [-0.4, -0.2) is 30.6 Å². The van der Waals surface area contributed by atoms with E-state index < -0.39 is 0 Å². The Labute approximate surface area is 95.2 Å². The van der Waals surface area contributed by atoms with E-state index in [1.54, 1.807) is 0 Å². The molecule has 90 valence electrons. The van der Waals surface area contributed by atoms with Gasteiger partial charge in [0.25, 0.3) is 0 Å². The summed E-state index contributed by atoms with van der Waals surface area (Å²) < 4.78 is 0. The lowest BCUT2D eigenvalue weighted by Crippen LogP contribution is -2.37. The van der Waals surface area contributed by atoms with E-state index in [-0.39, 0.29) is 0 Å². The molecule has 0 radical (unpaired) electrons. The Balaban J connectivity index is 2.33. The van der Waals surface area contributed by atoms with Crippen LogP contribution in [0.5, 0.6) is 0 Å². The molecular formula is C13H28N2. The fourth-order valence-corrected chi connectivity index (χ4v) is 2.42. The van der Waals surface area contributed by atoms with Gasteiger partial charge in [0.2, 0.25) is 0 Å². The van der Waals surface area contributed by atoms with Gasteiger partial charge in [0.05, 0.1) is 0 Å². The molecule has 2 nitrogen and oxygen atoms in total. The lowest BCUT2D eigenvalue weighted by Gasteiger charge is -2.31. The average molecular weight is 212 g/mol. The number of hydrogen-bond acceptors (Lipinski definition) is 2. The van der Waals surface area contributed by atoms with Crippen LogP contribution in [0.1, 0.15) is 52.9 Å². The summed E-state index contributed by atoms with van der Waals surface area (Å²) in [5.74, 6) is 0. The Morgan fingerprint density at radius 2 is 1.87 bits per heavy atom. The lowest BCUT2D eigenvalue weighted by atomic mass is 9.89. The van der Waals surface area contributed by atoms with Gasteiger partial charge in [-0.1, -0.05) is 33.6 Å². The van der Waals surface area contributed by atoms with E-state index >= 15 is 0 Å². The minimum absolute atomic E-state index is 0.312. The highest BCUT2D eigenvalue weighted by Crippen LogP contribution is 2.25. The molecule has 2 heteroatoms. The molecule has 0 aromatic heterocycles. The molecule has 1 aliphatic rings. The van der Waals surface area contributed by atoms with Crippen molar-refractivity contribution in [3.05, 3.63) is 0 Å². The highest BCUT2D eigenvalue weighted by Gasteiger charge is 2.23. The second-order valence-electron chi connectivity index (χ2n) is 5.69.